The molecule has 2 heterocycles. The van der Waals surface area contributed by atoms with Gasteiger partial charge in [-0.1, -0.05) is 24.3 Å². The molecular formula is C17H16N4. The van der Waals surface area contributed by atoms with Crippen molar-refractivity contribution in [2.24, 2.45) is 0 Å². The zero-order chi connectivity index (χ0) is 14.8. The van der Waals surface area contributed by atoms with Gasteiger partial charge in [-0.05, 0) is 31.5 Å². The Morgan fingerprint density at radius 1 is 1.00 bits per heavy atom. The van der Waals surface area contributed by atoms with E-state index in [9.17, 15) is 0 Å². The maximum atomic E-state index is 5.99. The number of rotatable bonds is 2. The van der Waals surface area contributed by atoms with E-state index < -0.39 is 0 Å². The molecule has 0 unspecified atom stereocenters. The topological polar surface area (TPSA) is 64.7 Å². The van der Waals surface area contributed by atoms with Gasteiger partial charge in [0.15, 0.2) is 0 Å². The lowest BCUT2D eigenvalue weighted by atomic mass is 10.1. The molecule has 0 atom stereocenters. The second-order valence-corrected chi connectivity index (χ2v) is 4.99. The summed E-state index contributed by atoms with van der Waals surface area (Å²) in [4.78, 5) is 13.2. The van der Waals surface area contributed by atoms with Gasteiger partial charge in [0.05, 0.1) is 11.9 Å². The lowest BCUT2D eigenvalue weighted by Gasteiger charge is -2.09. The van der Waals surface area contributed by atoms with E-state index >= 15 is 0 Å². The summed E-state index contributed by atoms with van der Waals surface area (Å²) in [6.45, 7) is 4.00. The van der Waals surface area contributed by atoms with Gasteiger partial charge in [-0.2, -0.15) is 0 Å². The third-order valence-corrected chi connectivity index (χ3v) is 3.39. The summed E-state index contributed by atoms with van der Waals surface area (Å²) in [6.07, 6.45) is 3.47. The van der Waals surface area contributed by atoms with Crippen LogP contribution in [0.1, 0.15) is 11.3 Å². The van der Waals surface area contributed by atoms with Gasteiger partial charge in [0.2, 0.25) is 0 Å². The molecule has 0 aliphatic heterocycles. The second-order valence-electron chi connectivity index (χ2n) is 4.99. The molecule has 0 aliphatic carbocycles. The van der Waals surface area contributed by atoms with Crippen LogP contribution in [0, 0.1) is 13.8 Å². The minimum atomic E-state index is 0.429. The molecule has 2 N–H and O–H groups in total. The Hall–Kier alpha value is -2.75. The number of aromatic nitrogens is 3. The molecule has 0 radical (unpaired) electrons. The third-order valence-electron chi connectivity index (χ3n) is 3.39. The number of pyridine rings is 1. The van der Waals surface area contributed by atoms with E-state index in [1.54, 1.807) is 12.4 Å². The molecular weight excluding hydrogens is 260 g/mol. The summed E-state index contributed by atoms with van der Waals surface area (Å²) in [5.41, 5.74) is 11.6. The van der Waals surface area contributed by atoms with Crippen molar-refractivity contribution in [2.45, 2.75) is 13.8 Å². The molecule has 3 rings (SSSR count). The molecule has 0 amide bonds. The van der Waals surface area contributed by atoms with E-state index in [0.717, 1.165) is 28.1 Å². The molecule has 0 spiro atoms. The SMILES string of the molecule is Cc1cc(-c2nc(-c3ccccc3C)cnc2N)ccn1. The van der Waals surface area contributed by atoms with Crippen LogP contribution in [0.3, 0.4) is 0 Å². The molecule has 0 saturated carbocycles. The average Bonchev–Trinajstić information content (AvgIpc) is 2.48. The predicted octanol–water partition coefficient (Wildman–Crippen LogP) is 3.40. The number of hydrogen-bond acceptors (Lipinski definition) is 4. The van der Waals surface area contributed by atoms with Gasteiger partial charge in [-0.25, -0.2) is 9.97 Å². The first-order chi connectivity index (χ1) is 10.1. The number of hydrogen-bond donors (Lipinski definition) is 1. The highest BCUT2D eigenvalue weighted by molar-refractivity contribution is 5.73. The molecule has 4 heteroatoms. The fourth-order valence-electron chi connectivity index (χ4n) is 2.29. The highest BCUT2D eigenvalue weighted by Crippen LogP contribution is 2.27. The molecule has 4 nitrogen and oxygen atoms in total. The van der Waals surface area contributed by atoms with E-state index in [2.05, 4.69) is 23.0 Å². The largest absolute Gasteiger partial charge is 0.382 e. The minimum absolute atomic E-state index is 0.429. The molecule has 104 valence electrons. The number of benzene rings is 1. The molecule has 21 heavy (non-hydrogen) atoms. The first-order valence-electron chi connectivity index (χ1n) is 6.76. The van der Waals surface area contributed by atoms with Crippen molar-refractivity contribution in [1.82, 2.24) is 15.0 Å². The molecule has 3 aromatic rings. The normalized spacial score (nSPS) is 10.6. The van der Waals surface area contributed by atoms with Crippen LogP contribution in [0.15, 0.2) is 48.8 Å². The smallest absolute Gasteiger partial charge is 0.150 e. The van der Waals surface area contributed by atoms with Crippen LogP contribution in [0.4, 0.5) is 5.82 Å². The van der Waals surface area contributed by atoms with Gasteiger partial charge in [0.25, 0.3) is 0 Å². The molecule has 0 bridgehead atoms. The fraction of sp³-hybridized carbons (Fsp3) is 0.118. The van der Waals surface area contributed by atoms with Crippen LogP contribution in [-0.4, -0.2) is 15.0 Å². The van der Waals surface area contributed by atoms with Crippen LogP contribution in [0.25, 0.3) is 22.5 Å². The van der Waals surface area contributed by atoms with Gasteiger partial charge < -0.3 is 5.73 Å². The van der Waals surface area contributed by atoms with E-state index in [-0.39, 0.29) is 0 Å². The van der Waals surface area contributed by atoms with Crippen molar-refractivity contribution in [2.75, 3.05) is 5.73 Å². The molecule has 0 aliphatic rings. The van der Waals surface area contributed by atoms with Gasteiger partial charge in [0.1, 0.15) is 11.5 Å². The average molecular weight is 276 g/mol. The van der Waals surface area contributed by atoms with E-state index in [1.807, 2.05) is 37.3 Å². The predicted molar refractivity (Wildman–Crippen MR) is 84.6 cm³/mol. The van der Waals surface area contributed by atoms with Crippen molar-refractivity contribution < 1.29 is 0 Å². The van der Waals surface area contributed by atoms with Gasteiger partial charge in [-0.3, -0.25) is 4.98 Å². The van der Waals surface area contributed by atoms with Crippen molar-refractivity contribution in [1.29, 1.82) is 0 Å². The Balaban J connectivity index is 2.15. The molecule has 2 aromatic heterocycles. The first kappa shape index (κ1) is 13.2. The molecule has 0 saturated heterocycles. The van der Waals surface area contributed by atoms with Crippen LogP contribution < -0.4 is 5.73 Å². The Bertz CT molecular complexity index is 796. The Labute approximate surface area is 123 Å². The number of nitrogens with zero attached hydrogens (tertiary/aromatic N) is 3. The number of aryl methyl sites for hydroxylation is 2. The number of nitrogen functional groups attached to an aromatic ring is 1. The number of anilines is 1. The standard InChI is InChI=1S/C17H16N4/c1-11-5-3-4-6-14(11)15-10-20-17(18)16(21-15)13-7-8-19-12(2)9-13/h3-10H,1-2H3,(H2,18,20). The lowest BCUT2D eigenvalue weighted by Crippen LogP contribution is -2.00. The quantitative estimate of drug-likeness (QED) is 0.779. The summed E-state index contributed by atoms with van der Waals surface area (Å²) < 4.78 is 0. The van der Waals surface area contributed by atoms with Crippen molar-refractivity contribution in [3.8, 4) is 22.5 Å². The van der Waals surface area contributed by atoms with Crippen molar-refractivity contribution in [3.05, 3.63) is 60.0 Å². The monoisotopic (exact) mass is 276 g/mol. The van der Waals surface area contributed by atoms with Gasteiger partial charge in [0, 0.05) is 23.0 Å². The zero-order valence-electron chi connectivity index (χ0n) is 12.0. The first-order valence-corrected chi connectivity index (χ1v) is 6.76. The maximum absolute atomic E-state index is 5.99. The van der Waals surface area contributed by atoms with Crippen LogP contribution >= 0.6 is 0 Å². The van der Waals surface area contributed by atoms with Crippen molar-refractivity contribution >= 4 is 5.82 Å². The highest BCUT2D eigenvalue weighted by atomic mass is 14.9. The Morgan fingerprint density at radius 3 is 2.57 bits per heavy atom. The number of nitrogens with two attached hydrogens (primary N) is 1. The Kier molecular flexibility index (Phi) is 3.36. The summed E-state index contributed by atoms with van der Waals surface area (Å²) in [6, 6.07) is 12.0. The second kappa shape index (κ2) is 5.32. The molecule has 1 aromatic carbocycles. The zero-order valence-corrected chi connectivity index (χ0v) is 12.0. The van der Waals surface area contributed by atoms with E-state index in [4.69, 9.17) is 10.7 Å². The van der Waals surface area contributed by atoms with Crippen LogP contribution in [-0.2, 0) is 0 Å². The van der Waals surface area contributed by atoms with E-state index in [0.29, 0.717) is 11.5 Å². The fourth-order valence-corrected chi connectivity index (χ4v) is 2.29. The van der Waals surface area contributed by atoms with E-state index in [1.165, 1.54) is 0 Å². The van der Waals surface area contributed by atoms with Crippen molar-refractivity contribution in [3.63, 3.8) is 0 Å². The Morgan fingerprint density at radius 2 is 1.81 bits per heavy atom. The third kappa shape index (κ3) is 2.60. The summed E-state index contributed by atoms with van der Waals surface area (Å²) in [5, 5.41) is 0. The summed E-state index contributed by atoms with van der Waals surface area (Å²) in [5.74, 6) is 0.429. The van der Waals surface area contributed by atoms with Gasteiger partial charge >= 0.3 is 0 Å². The van der Waals surface area contributed by atoms with Crippen LogP contribution in [0.2, 0.25) is 0 Å². The van der Waals surface area contributed by atoms with Gasteiger partial charge in [-0.15, -0.1) is 0 Å². The summed E-state index contributed by atoms with van der Waals surface area (Å²) in [7, 11) is 0. The summed E-state index contributed by atoms with van der Waals surface area (Å²) >= 11 is 0. The maximum Gasteiger partial charge on any atom is 0.150 e. The highest BCUT2D eigenvalue weighted by Gasteiger charge is 2.10. The van der Waals surface area contributed by atoms with Crippen LogP contribution in [0.5, 0.6) is 0 Å². The minimum Gasteiger partial charge on any atom is -0.382 e. The lowest BCUT2D eigenvalue weighted by molar-refractivity contribution is 1.18. The molecule has 0 fully saturated rings.